The number of alkyl halides is 3. The van der Waals surface area contributed by atoms with Crippen LogP contribution in [0.25, 0.3) is 10.6 Å². The van der Waals surface area contributed by atoms with Gasteiger partial charge in [0.05, 0.1) is 23.6 Å². The quantitative estimate of drug-likeness (QED) is 0.556. The number of carbonyl (C=O) groups excluding carboxylic acids is 1. The van der Waals surface area contributed by atoms with E-state index >= 15 is 0 Å². The number of benzene rings is 1. The Morgan fingerprint density at radius 3 is 2.39 bits per heavy atom. The van der Waals surface area contributed by atoms with Crippen molar-refractivity contribution in [1.82, 2.24) is 20.1 Å². The van der Waals surface area contributed by atoms with Crippen LogP contribution in [0.15, 0.2) is 29.1 Å². The maximum absolute atomic E-state index is 12.7. The van der Waals surface area contributed by atoms with Crippen LogP contribution in [0.3, 0.4) is 0 Å². The molecule has 2 heterocycles. The summed E-state index contributed by atoms with van der Waals surface area (Å²) in [7, 11) is 1.57. The lowest BCUT2D eigenvalue weighted by Crippen LogP contribution is -2.23. The van der Waals surface area contributed by atoms with Gasteiger partial charge < -0.3 is 10.1 Å². The van der Waals surface area contributed by atoms with Crippen molar-refractivity contribution in [2.24, 2.45) is 7.05 Å². The molecule has 11 heteroatoms. The highest BCUT2D eigenvalue weighted by atomic mass is 32.1. The Kier molecular flexibility index (Phi) is 7.33. The van der Waals surface area contributed by atoms with Crippen molar-refractivity contribution >= 4 is 17.2 Å². The number of hydrogen-bond donors (Lipinski definition) is 1. The van der Waals surface area contributed by atoms with Crippen LogP contribution >= 0.6 is 11.3 Å². The number of amides is 1. The van der Waals surface area contributed by atoms with Gasteiger partial charge in [0.15, 0.2) is 0 Å². The number of nitrogens with zero attached hydrogens (tertiary/aromatic N) is 3. The van der Waals surface area contributed by atoms with Crippen LogP contribution in [-0.4, -0.2) is 33.5 Å². The minimum atomic E-state index is -4.36. The number of carbonyl (C=O) groups is 1. The van der Waals surface area contributed by atoms with Crippen LogP contribution < -0.4 is 10.9 Å². The first-order valence-corrected chi connectivity index (χ1v) is 10.8. The van der Waals surface area contributed by atoms with Crippen LogP contribution in [0.2, 0.25) is 0 Å². The molecule has 0 saturated heterocycles. The largest absolute Gasteiger partial charge is 0.411 e. The normalized spacial score (nSPS) is 11.6. The van der Waals surface area contributed by atoms with Crippen molar-refractivity contribution in [2.75, 3.05) is 6.61 Å². The van der Waals surface area contributed by atoms with Crippen molar-refractivity contribution in [1.29, 1.82) is 0 Å². The average molecular weight is 481 g/mol. The van der Waals surface area contributed by atoms with Crippen molar-refractivity contribution in [2.45, 2.75) is 40.1 Å². The van der Waals surface area contributed by atoms with Gasteiger partial charge in [-0.2, -0.15) is 18.3 Å². The van der Waals surface area contributed by atoms with E-state index in [-0.39, 0.29) is 24.6 Å². The lowest BCUT2D eigenvalue weighted by Gasteiger charge is -2.09. The summed E-state index contributed by atoms with van der Waals surface area (Å²) in [6.07, 6.45) is -4.36. The van der Waals surface area contributed by atoms with Gasteiger partial charge in [-0.25, -0.2) is 9.67 Å². The first kappa shape index (κ1) is 24.6. The van der Waals surface area contributed by atoms with Gasteiger partial charge in [0.2, 0.25) is 0 Å². The van der Waals surface area contributed by atoms with Crippen molar-refractivity contribution < 1.29 is 22.7 Å². The van der Waals surface area contributed by atoms with Gasteiger partial charge in [0, 0.05) is 13.6 Å². The topological polar surface area (TPSA) is 86.1 Å². The van der Waals surface area contributed by atoms with E-state index in [1.54, 1.807) is 52.1 Å². The molecule has 0 unspecified atom stereocenters. The predicted octanol–water partition coefficient (Wildman–Crippen LogP) is 3.84. The molecule has 0 atom stereocenters. The van der Waals surface area contributed by atoms with Gasteiger partial charge in [-0.15, -0.1) is 11.3 Å². The van der Waals surface area contributed by atoms with E-state index in [1.807, 2.05) is 0 Å². The van der Waals surface area contributed by atoms with Gasteiger partial charge in [0.25, 0.3) is 11.5 Å². The summed E-state index contributed by atoms with van der Waals surface area (Å²) in [5.74, 6) is -0.325. The second-order valence-electron chi connectivity index (χ2n) is 7.55. The monoisotopic (exact) mass is 480 g/mol. The van der Waals surface area contributed by atoms with Crippen LogP contribution in [0.5, 0.6) is 0 Å². The lowest BCUT2D eigenvalue weighted by molar-refractivity contribution is -0.176. The van der Waals surface area contributed by atoms with Gasteiger partial charge >= 0.3 is 6.18 Å². The number of nitrogens with one attached hydrogen (secondary N) is 1. The Morgan fingerprint density at radius 1 is 1.12 bits per heavy atom. The zero-order valence-electron chi connectivity index (χ0n) is 18.5. The van der Waals surface area contributed by atoms with Gasteiger partial charge in [-0.1, -0.05) is 24.3 Å². The van der Waals surface area contributed by atoms with E-state index in [1.165, 1.54) is 4.68 Å². The maximum atomic E-state index is 12.7. The summed E-state index contributed by atoms with van der Waals surface area (Å²) < 4.78 is 42.3. The number of halogens is 3. The standard InChI is InChI=1S/C22H23F3N4O3S/c1-12-13(2)28-29(4)21(31)17(12)20-27-14(3)18(33-20)19(30)26-9-15-5-7-16(8-6-15)10-32-11-22(23,24)25/h5-8H,9-11H2,1-4H3,(H,26,30). The van der Waals surface area contributed by atoms with Gasteiger partial charge in [-0.3, -0.25) is 9.59 Å². The third-order valence-electron chi connectivity index (χ3n) is 4.95. The van der Waals surface area contributed by atoms with Crippen LogP contribution in [0.4, 0.5) is 13.2 Å². The molecule has 1 amide bonds. The molecule has 0 aliphatic heterocycles. The summed E-state index contributed by atoms with van der Waals surface area (Å²) in [6.45, 7) is 4.09. The van der Waals surface area contributed by atoms with E-state index in [2.05, 4.69) is 20.1 Å². The molecule has 176 valence electrons. The molecule has 0 fully saturated rings. The summed E-state index contributed by atoms with van der Waals surface area (Å²) in [6, 6.07) is 6.73. The number of aromatic nitrogens is 3. The summed E-state index contributed by atoms with van der Waals surface area (Å²) in [5, 5.41) is 7.44. The number of rotatable bonds is 7. The smallest absolute Gasteiger partial charge is 0.367 e. The van der Waals surface area contributed by atoms with Crippen molar-refractivity contribution in [3.63, 3.8) is 0 Å². The van der Waals surface area contributed by atoms with E-state index in [4.69, 9.17) is 0 Å². The molecule has 1 N–H and O–H groups in total. The number of hydrogen-bond acceptors (Lipinski definition) is 6. The molecule has 0 spiro atoms. The van der Waals surface area contributed by atoms with E-state index in [9.17, 15) is 22.8 Å². The highest BCUT2D eigenvalue weighted by molar-refractivity contribution is 7.17. The minimum absolute atomic E-state index is 0.150. The highest BCUT2D eigenvalue weighted by Gasteiger charge is 2.27. The highest BCUT2D eigenvalue weighted by Crippen LogP contribution is 2.28. The van der Waals surface area contributed by atoms with E-state index < -0.39 is 12.8 Å². The third-order valence-corrected chi connectivity index (χ3v) is 6.13. The lowest BCUT2D eigenvalue weighted by atomic mass is 10.1. The van der Waals surface area contributed by atoms with Gasteiger partial charge in [-0.05, 0) is 37.5 Å². The molecular weight excluding hydrogens is 457 g/mol. The number of aryl methyl sites for hydroxylation is 3. The first-order valence-electron chi connectivity index (χ1n) is 9.99. The fraction of sp³-hybridized carbons (Fsp3) is 0.364. The second-order valence-corrected chi connectivity index (χ2v) is 8.55. The molecule has 3 rings (SSSR count). The molecule has 0 saturated carbocycles. The molecule has 1 aromatic carbocycles. The Morgan fingerprint density at radius 2 is 1.76 bits per heavy atom. The fourth-order valence-electron chi connectivity index (χ4n) is 3.11. The van der Waals surface area contributed by atoms with Crippen molar-refractivity contribution in [3.8, 4) is 10.6 Å². The molecule has 0 aliphatic carbocycles. The van der Waals surface area contributed by atoms with Gasteiger partial charge in [0.1, 0.15) is 16.5 Å². The molecule has 0 aliphatic rings. The zero-order chi connectivity index (χ0) is 24.3. The molecule has 0 bridgehead atoms. The maximum Gasteiger partial charge on any atom is 0.411 e. The second kappa shape index (κ2) is 9.84. The Hall–Kier alpha value is -3.05. The molecular formula is C22H23F3N4O3S. The predicted molar refractivity (Wildman–Crippen MR) is 118 cm³/mol. The van der Waals surface area contributed by atoms with Crippen LogP contribution in [0.1, 0.15) is 37.7 Å². The summed E-state index contributed by atoms with van der Waals surface area (Å²) in [4.78, 5) is 30.2. The van der Waals surface area contributed by atoms with Crippen molar-refractivity contribution in [3.05, 3.63) is 67.6 Å². The summed E-state index contributed by atoms with van der Waals surface area (Å²) >= 11 is 1.14. The Labute approximate surface area is 192 Å². The molecule has 33 heavy (non-hydrogen) atoms. The SMILES string of the molecule is Cc1nc(-c2c(C)c(C)nn(C)c2=O)sc1C(=O)NCc1ccc(COCC(F)(F)F)cc1. The molecule has 2 aromatic heterocycles. The van der Waals surface area contributed by atoms with Crippen LogP contribution in [-0.2, 0) is 24.9 Å². The molecule has 3 aromatic rings. The number of ether oxygens (including phenoxy) is 1. The third kappa shape index (κ3) is 6.05. The Balaban J connectivity index is 1.67. The molecule has 0 radical (unpaired) electrons. The minimum Gasteiger partial charge on any atom is -0.367 e. The Bertz CT molecular complexity index is 1220. The number of thiazole rings is 1. The van der Waals surface area contributed by atoms with E-state index in [0.29, 0.717) is 32.4 Å². The molecule has 7 nitrogen and oxygen atoms in total. The van der Waals surface area contributed by atoms with E-state index in [0.717, 1.165) is 22.5 Å². The van der Waals surface area contributed by atoms with Crippen LogP contribution in [0, 0.1) is 20.8 Å². The summed E-state index contributed by atoms with van der Waals surface area (Å²) in [5.41, 5.74) is 3.47. The average Bonchev–Trinajstić information content (AvgIpc) is 3.12. The fourth-order valence-corrected chi connectivity index (χ4v) is 4.19. The zero-order valence-corrected chi connectivity index (χ0v) is 19.4. The first-order chi connectivity index (χ1) is 15.5.